The van der Waals surface area contributed by atoms with Gasteiger partial charge in [-0.2, -0.15) is 0 Å². The van der Waals surface area contributed by atoms with E-state index in [1.165, 1.54) is 19.2 Å². The van der Waals surface area contributed by atoms with Gasteiger partial charge in [0.1, 0.15) is 11.9 Å². The van der Waals surface area contributed by atoms with E-state index >= 15 is 0 Å². The molecule has 1 aromatic carbocycles. The Bertz CT molecular complexity index is 390. The van der Waals surface area contributed by atoms with Gasteiger partial charge < -0.3 is 10.1 Å². The van der Waals surface area contributed by atoms with E-state index in [9.17, 15) is 9.18 Å². The number of carbonyl (C=O) groups is 1. The summed E-state index contributed by atoms with van der Waals surface area (Å²) in [5.74, 6) is -0.285. The second-order valence-corrected chi connectivity index (χ2v) is 3.99. The number of methoxy groups -OCH3 is 1. The lowest BCUT2D eigenvalue weighted by molar-refractivity contribution is -0.142. The van der Waals surface area contributed by atoms with Crippen LogP contribution < -0.4 is 5.32 Å². The number of anilines is 1. The SMILES string of the molecule is COC(=O)C(Nc1cccc(F)c1)C1CC1. The van der Waals surface area contributed by atoms with Crippen LogP contribution in [0.4, 0.5) is 10.1 Å². The van der Waals surface area contributed by atoms with Crippen molar-refractivity contribution >= 4 is 11.7 Å². The summed E-state index contributed by atoms with van der Waals surface area (Å²) in [4.78, 5) is 11.5. The number of carbonyl (C=O) groups excluding carboxylic acids is 1. The molecule has 2 rings (SSSR count). The van der Waals surface area contributed by atoms with Gasteiger partial charge >= 0.3 is 5.97 Å². The third-order valence-electron chi connectivity index (χ3n) is 2.70. The molecular formula is C12H14FNO2. The fourth-order valence-corrected chi connectivity index (χ4v) is 1.68. The Kier molecular flexibility index (Phi) is 3.08. The Hall–Kier alpha value is -1.58. The maximum absolute atomic E-state index is 13.0. The second-order valence-electron chi connectivity index (χ2n) is 3.99. The molecule has 1 aliphatic rings. The lowest BCUT2D eigenvalue weighted by atomic mass is 10.1. The topological polar surface area (TPSA) is 38.3 Å². The summed E-state index contributed by atoms with van der Waals surface area (Å²) in [5.41, 5.74) is 0.613. The van der Waals surface area contributed by atoms with Gasteiger partial charge in [0.05, 0.1) is 7.11 Å². The van der Waals surface area contributed by atoms with Gasteiger partial charge in [0, 0.05) is 5.69 Å². The van der Waals surface area contributed by atoms with Crippen molar-refractivity contribution in [1.29, 1.82) is 0 Å². The quantitative estimate of drug-likeness (QED) is 0.795. The van der Waals surface area contributed by atoms with Crippen LogP contribution in [0.1, 0.15) is 12.8 Å². The molecule has 0 heterocycles. The highest BCUT2D eigenvalue weighted by atomic mass is 19.1. The van der Waals surface area contributed by atoms with Gasteiger partial charge in [-0.3, -0.25) is 0 Å². The van der Waals surface area contributed by atoms with Crippen LogP contribution in [0.25, 0.3) is 0 Å². The minimum atomic E-state index is -0.355. The van der Waals surface area contributed by atoms with Crippen molar-refractivity contribution in [2.75, 3.05) is 12.4 Å². The minimum Gasteiger partial charge on any atom is -0.467 e. The van der Waals surface area contributed by atoms with E-state index in [1.54, 1.807) is 12.1 Å². The summed E-state index contributed by atoms with van der Waals surface area (Å²) in [7, 11) is 1.37. The smallest absolute Gasteiger partial charge is 0.328 e. The summed E-state index contributed by atoms with van der Waals surface area (Å²) >= 11 is 0. The maximum Gasteiger partial charge on any atom is 0.328 e. The number of rotatable bonds is 4. The number of esters is 1. The lowest BCUT2D eigenvalue weighted by Gasteiger charge is -2.16. The molecule has 3 nitrogen and oxygen atoms in total. The molecule has 0 spiro atoms. The molecule has 1 saturated carbocycles. The standard InChI is InChI=1S/C12H14FNO2/c1-16-12(15)11(8-5-6-8)14-10-4-2-3-9(13)7-10/h2-4,7-8,11,14H,5-6H2,1H3. The van der Waals surface area contributed by atoms with Gasteiger partial charge in [0.25, 0.3) is 0 Å². The molecular weight excluding hydrogens is 209 g/mol. The molecule has 4 heteroatoms. The minimum absolute atomic E-state index is 0.285. The van der Waals surface area contributed by atoms with Crippen LogP contribution >= 0.6 is 0 Å². The van der Waals surface area contributed by atoms with Crippen molar-refractivity contribution in [1.82, 2.24) is 0 Å². The number of hydrogen-bond acceptors (Lipinski definition) is 3. The van der Waals surface area contributed by atoms with Crippen molar-refractivity contribution in [3.63, 3.8) is 0 Å². The van der Waals surface area contributed by atoms with Crippen molar-refractivity contribution < 1.29 is 13.9 Å². The van der Waals surface area contributed by atoms with Crippen LogP contribution in [0.5, 0.6) is 0 Å². The van der Waals surface area contributed by atoms with Crippen molar-refractivity contribution in [2.24, 2.45) is 5.92 Å². The molecule has 0 bridgehead atoms. The first kappa shape index (κ1) is 10.9. The number of halogens is 1. The average Bonchev–Trinajstić information content (AvgIpc) is 3.09. The first-order valence-electron chi connectivity index (χ1n) is 5.30. The molecule has 1 fully saturated rings. The number of benzene rings is 1. The van der Waals surface area contributed by atoms with Crippen LogP contribution in [0.15, 0.2) is 24.3 Å². The molecule has 0 aromatic heterocycles. The van der Waals surface area contributed by atoms with E-state index in [0.717, 1.165) is 12.8 Å². The summed E-state index contributed by atoms with van der Waals surface area (Å²) in [5, 5.41) is 3.02. The van der Waals surface area contributed by atoms with Crippen LogP contribution in [-0.4, -0.2) is 19.1 Å². The zero-order chi connectivity index (χ0) is 11.5. The van der Waals surface area contributed by atoms with Crippen LogP contribution in [0, 0.1) is 11.7 Å². The summed E-state index contributed by atoms with van der Waals surface area (Å²) in [6.45, 7) is 0. The molecule has 0 amide bonds. The van der Waals surface area contributed by atoms with Crippen molar-refractivity contribution in [3.05, 3.63) is 30.1 Å². The van der Waals surface area contributed by atoms with Gasteiger partial charge in [-0.05, 0) is 37.0 Å². The Balaban J connectivity index is 2.08. The van der Waals surface area contributed by atoms with E-state index in [4.69, 9.17) is 4.74 Å². The molecule has 0 radical (unpaired) electrons. The zero-order valence-corrected chi connectivity index (χ0v) is 9.07. The van der Waals surface area contributed by atoms with Gasteiger partial charge in [0.2, 0.25) is 0 Å². The fourth-order valence-electron chi connectivity index (χ4n) is 1.68. The normalized spacial score (nSPS) is 16.6. The van der Waals surface area contributed by atoms with E-state index in [0.29, 0.717) is 11.6 Å². The lowest BCUT2D eigenvalue weighted by Crippen LogP contribution is -2.32. The molecule has 1 aromatic rings. The van der Waals surface area contributed by atoms with Crippen LogP contribution in [0.3, 0.4) is 0 Å². The van der Waals surface area contributed by atoms with Crippen LogP contribution in [0.2, 0.25) is 0 Å². The highest BCUT2D eigenvalue weighted by Crippen LogP contribution is 2.34. The Morgan fingerprint density at radius 2 is 2.31 bits per heavy atom. The molecule has 1 aliphatic carbocycles. The summed E-state index contributed by atoms with van der Waals surface area (Å²) < 4.78 is 17.7. The summed E-state index contributed by atoms with van der Waals surface area (Å²) in [6.07, 6.45) is 2.03. The monoisotopic (exact) mass is 223 g/mol. The summed E-state index contributed by atoms with van der Waals surface area (Å²) in [6, 6.07) is 5.74. The maximum atomic E-state index is 13.0. The van der Waals surface area contributed by atoms with Gasteiger partial charge in [-0.25, -0.2) is 9.18 Å². The van der Waals surface area contributed by atoms with Crippen molar-refractivity contribution in [2.45, 2.75) is 18.9 Å². The Morgan fingerprint density at radius 1 is 1.56 bits per heavy atom. The largest absolute Gasteiger partial charge is 0.467 e. The molecule has 0 aliphatic heterocycles. The third-order valence-corrected chi connectivity index (χ3v) is 2.70. The van der Waals surface area contributed by atoms with Crippen molar-refractivity contribution in [3.8, 4) is 0 Å². The van der Waals surface area contributed by atoms with E-state index in [2.05, 4.69) is 5.32 Å². The number of hydrogen-bond donors (Lipinski definition) is 1. The molecule has 1 N–H and O–H groups in total. The average molecular weight is 223 g/mol. The molecule has 16 heavy (non-hydrogen) atoms. The van der Waals surface area contributed by atoms with E-state index in [1.807, 2.05) is 0 Å². The number of nitrogens with one attached hydrogen (secondary N) is 1. The Morgan fingerprint density at radius 3 is 2.88 bits per heavy atom. The highest BCUT2D eigenvalue weighted by Gasteiger charge is 2.36. The molecule has 0 saturated heterocycles. The number of ether oxygens (including phenoxy) is 1. The predicted molar refractivity (Wildman–Crippen MR) is 58.6 cm³/mol. The molecule has 86 valence electrons. The van der Waals surface area contributed by atoms with E-state index in [-0.39, 0.29) is 17.8 Å². The fraction of sp³-hybridized carbons (Fsp3) is 0.417. The first-order chi connectivity index (χ1) is 7.70. The van der Waals surface area contributed by atoms with Gasteiger partial charge in [-0.1, -0.05) is 6.07 Å². The van der Waals surface area contributed by atoms with Gasteiger partial charge in [0.15, 0.2) is 0 Å². The highest BCUT2D eigenvalue weighted by molar-refractivity contribution is 5.80. The molecule has 1 unspecified atom stereocenters. The molecule has 1 atom stereocenters. The second kappa shape index (κ2) is 4.51. The van der Waals surface area contributed by atoms with Crippen LogP contribution in [-0.2, 0) is 9.53 Å². The predicted octanol–water partition coefficient (Wildman–Crippen LogP) is 2.19. The first-order valence-corrected chi connectivity index (χ1v) is 5.30. The van der Waals surface area contributed by atoms with Gasteiger partial charge in [-0.15, -0.1) is 0 Å². The third kappa shape index (κ3) is 2.51. The Labute approximate surface area is 93.6 Å². The van der Waals surface area contributed by atoms with E-state index < -0.39 is 0 Å². The zero-order valence-electron chi connectivity index (χ0n) is 9.07.